The molecule has 1 aromatic carbocycles. The zero-order valence-electron chi connectivity index (χ0n) is 8.24. The van der Waals surface area contributed by atoms with Crippen LogP contribution >= 0.6 is 13.5 Å². The van der Waals surface area contributed by atoms with E-state index < -0.39 is 0 Å². The van der Waals surface area contributed by atoms with Gasteiger partial charge in [-0.2, -0.15) is 13.5 Å². The smallest absolute Gasteiger partial charge is 0.251 e. The minimum absolute atomic E-state index is 0. The summed E-state index contributed by atoms with van der Waals surface area (Å²) in [5.41, 5.74) is 0.562. The number of rotatable bonds is 2. The first-order valence-electron chi connectivity index (χ1n) is 4.19. The second kappa shape index (κ2) is 5.54. The lowest BCUT2D eigenvalue weighted by Gasteiger charge is -2.07. The fourth-order valence-electron chi connectivity index (χ4n) is 0.958. The molecule has 0 spiro atoms. The third-order valence-corrected chi connectivity index (χ3v) is 1.55. The van der Waals surface area contributed by atoms with Gasteiger partial charge in [-0.15, -0.1) is 0 Å². The second-order valence-corrected chi connectivity index (χ2v) is 3.18. The molecule has 0 fully saturated rings. The lowest BCUT2D eigenvalue weighted by Crippen LogP contribution is -2.29. The van der Waals surface area contributed by atoms with Crippen LogP contribution in [0.5, 0.6) is 5.75 Å². The number of amides is 1. The van der Waals surface area contributed by atoms with Gasteiger partial charge in [-0.25, -0.2) is 0 Å². The Kier molecular flexibility index (Phi) is 5.09. The van der Waals surface area contributed by atoms with Crippen molar-refractivity contribution < 1.29 is 9.90 Å². The Balaban J connectivity index is 0.00000169. The van der Waals surface area contributed by atoms with E-state index in [-0.39, 0.29) is 31.2 Å². The molecular formula is C10H15NO2S. The molecule has 0 bridgehead atoms. The number of benzene rings is 1. The molecule has 2 N–H and O–H groups in total. The van der Waals surface area contributed by atoms with Gasteiger partial charge >= 0.3 is 0 Å². The Hall–Kier alpha value is -1.16. The van der Waals surface area contributed by atoms with Crippen molar-refractivity contribution in [1.29, 1.82) is 0 Å². The van der Waals surface area contributed by atoms with Crippen LogP contribution in [0.4, 0.5) is 0 Å². The summed E-state index contributed by atoms with van der Waals surface area (Å²) in [6, 6.07) is 6.30. The average molecular weight is 213 g/mol. The van der Waals surface area contributed by atoms with E-state index in [4.69, 9.17) is 5.11 Å². The summed E-state index contributed by atoms with van der Waals surface area (Å²) in [5, 5.41) is 11.7. The van der Waals surface area contributed by atoms with E-state index in [9.17, 15) is 4.79 Å². The van der Waals surface area contributed by atoms with Crippen LogP contribution in [0.3, 0.4) is 0 Å². The Labute approximate surface area is 90.6 Å². The van der Waals surface area contributed by atoms with Gasteiger partial charge in [-0.1, -0.05) is 0 Å². The molecule has 0 aliphatic rings. The number of carbonyl (C=O) groups excluding carboxylic acids is 1. The first kappa shape index (κ1) is 12.8. The van der Waals surface area contributed by atoms with Crippen LogP contribution in [-0.4, -0.2) is 17.1 Å². The third kappa shape index (κ3) is 3.70. The highest BCUT2D eigenvalue weighted by Crippen LogP contribution is 2.09. The predicted octanol–water partition coefficient (Wildman–Crippen LogP) is 1.64. The molecule has 0 aliphatic heterocycles. The van der Waals surface area contributed by atoms with Gasteiger partial charge in [0.1, 0.15) is 5.75 Å². The van der Waals surface area contributed by atoms with Crippen LogP contribution in [-0.2, 0) is 0 Å². The molecule has 0 saturated heterocycles. The van der Waals surface area contributed by atoms with Crippen molar-refractivity contribution in [2.24, 2.45) is 0 Å². The number of hydrogen-bond acceptors (Lipinski definition) is 2. The summed E-state index contributed by atoms with van der Waals surface area (Å²) in [6.07, 6.45) is 0. The van der Waals surface area contributed by atoms with Gasteiger partial charge in [0.2, 0.25) is 0 Å². The maximum absolute atomic E-state index is 11.4. The minimum Gasteiger partial charge on any atom is -0.508 e. The molecule has 78 valence electrons. The van der Waals surface area contributed by atoms with Crippen LogP contribution in [0.25, 0.3) is 0 Å². The number of carbonyl (C=O) groups is 1. The van der Waals surface area contributed by atoms with Crippen molar-refractivity contribution in [3.05, 3.63) is 29.8 Å². The Morgan fingerprint density at radius 1 is 1.29 bits per heavy atom. The number of phenolic OH excluding ortho intramolecular Hbond substituents is 1. The number of aromatic hydroxyl groups is 1. The molecule has 3 nitrogen and oxygen atoms in total. The highest BCUT2D eigenvalue weighted by atomic mass is 32.1. The van der Waals surface area contributed by atoms with E-state index in [1.54, 1.807) is 12.1 Å². The van der Waals surface area contributed by atoms with Crippen molar-refractivity contribution in [3.63, 3.8) is 0 Å². The first-order valence-corrected chi connectivity index (χ1v) is 4.19. The van der Waals surface area contributed by atoms with Crippen LogP contribution < -0.4 is 5.32 Å². The topological polar surface area (TPSA) is 49.3 Å². The Morgan fingerprint density at radius 3 is 2.21 bits per heavy atom. The summed E-state index contributed by atoms with van der Waals surface area (Å²) in [7, 11) is 0. The zero-order chi connectivity index (χ0) is 9.84. The molecule has 14 heavy (non-hydrogen) atoms. The fraction of sp³-hybridized carbons (Fsp3) is 0.300. The van der Waals surface area contributed by atoms with Crippen LogP contribution in [0.1, 0.15) is 24.2 Å². The van der Waals surface area contributed by atoms with Crippen molar-refractivity contribution in [1.82, 2.24) is 5.32 Å². The fourth-order valence-corrected chi connectivity index (χ4v) is 0.958. The monoisotopic (exact) mass is 213 g/mol. The summed E-state index contributed by atoms with van der Waals surface area (Å²) >= 11 is 0. The molecule has 0 heterocycles. The number of phenols is 1. The van der Waals surface area contributed by atoms with Crippen LogP contribution in [0.2, 0.25) is 0 Å². The molecule has 0 unspecified atom stereocenters. The van der Waals surface area contributed by atoms with E-state index in [2.05, 4.69) is 5.32 Å². The molecular weight excluding hydrogens is 198 g/mol. The Morgan fingerprint density at radius 2 is 1.79 bits per heavy atom. The second-order valence-electron chi connectivity index (χ2n) is 3.18. The summed E-state index contributed by atoms with van der Waals surface area (Å²) in [5.74, 6) is 0.0519. The molecule has 1 aromatic rings. The summed E-state index contributed by atoms with van der Waals surface area (Å²) in [6.45, 7) is 3.80. The zero-order valence-corrected chi connectivity index (χ0v) is 9.24. The lowest BCUT2D eigenvalue weighted by molar-refractivity contribution is 0.0943. The van der Waals surface area contributed by atoms with Crippen molar-refractivity contribution in [2.45, 2.75) is 19.9 Å². The SMILES string of the molecule is CC(C)NC(=O)c1ccc(O)cc1.S. The van der Waals surface area contributed by atoms with E-state index in [1.165, 1.54) is 12.1 Å². The van der Waals surface area contributed by atoms with Gasteiger partial charge < -0.3 is 10.4 Å². The van der Waals surface area contributed by atoms with Crippen LogP contribution in [0, 0.1) is 0 Å². The van der Waals surface area contributed by atoms with E-state index in [1.807, 2.05) is 13.8 Å². The maximum Gasteiger partial charge on any atom is 0.251 e. The third-order valence-electron chi connectivity index (χ3n) is 1.55. The molecule has 0 aliphatic carbocycles. The molecule has 0 saturated carbocycles. The largest absolute Gasteiger partial charge is 0.508 e. The van der Waals surface area contributed by atoms with Gasteiger partial charge in [0.15, 0.2) is 0 Å². The van der Waals surface area contributed by atoms with Crippen molar-refractivity contribution in [2.75, 3.05) is 0 Å². The summed E-state index contributed by atoms with van der Waals surface area (Å²) in [4.78, 5) is 11.4. The number of hydrogen-bond donors (Lipinski definition) is 2. The predicted molar refractivity (Wildman–Crippen MR) is 61.1 cm³/mol. The molecule has 0 atom stereocenters. The van der Waals surface area contributed by atoms with Gasteiger partial charge in [-0.05, 0) is 38.1 Å². The first-order chi connectivity index (χ1) is 6.09. The quantitative estimate of drug-likeness (QED) is 0.784. The maximum atomic E-state index is 11.4. The Bertz CT molecular complexity index is 295. The lowest BCUT2D eigenvalue weighted by atomic mass is 10.2. The van der Waals surface area contributed by atoms with Gasteiger partial charge in [0.05, 0.1) is 0 Å². The van der Waals surface area contributed by atoms with E-state index >= 15 is 0 Å². The number of nitrogens with one attached hydrogen (secondary N) is 1. The van der Waals surface area contributed by atoms with E-state index in [0.29, 0.717) is 5.56 Å². The van der Waals surface area contributed by atoms with Gasteiger partial charge in [0, 0.05) is 11.6 Å². The summed E-state index contributed by atoms with van der Waals surface area (Å²) < 4.78 is 0. The highest BCUT2D eigenvalue weighted by molar-refractivity contribution is 7.59. The van der Waals surface area contributed by atoms with Crippen LogP contribution in [0.15, 0.2) is 24.3 Å². The standard InChI is InChI=1S/C10H13NO2.H2S/c1-7(2)11-10(13)8-3-5-9(12)6-4-8;/h3-7,12H,1-2H3,(H,11,13);1H2. The molecule has 1 amide bonds. The van der Waals surface area contributed by atoms with E-state index in [0.717, 1.165) is 0 Å². The van der Waals surface area contributed by atoms with Gasteiger partial charge in [0.25, 0.3) is 5.91 Å². The highest BCUT2D eigenvalue weighted by Gasteiger charge is 2.05. The minimum atomic E-state index is -0.116. The molecule has 0 aromatic heterocycles. The molecule has 4 heteroatoms. The van der Waals surface area contributed by atoms with Crippen molar-refractivity contribution >= 4 is 19.4 Å². The van der Waals surface area contributed by atoms with Crippen molar-refractivity contribution in [3.8, 4) is 5.75 Å². The normalized spacial score (nSPS) is 9.36. The average Bonchev–Trinajstić information content (AvgIpc) is 2.04. The molecule has 0 radical (unpaired) electrons. The molecule has 1 rings (SSSR count). The van der Waals surface area contributed by atoms with Gasteiger partial charge in [-0.3, -0.25) is 4.79 Å².